The number of benzene rings is 2. The van der Waals surface area contributed by atoms with E-state index in [-0.39, 0.29) is 23.9 Å². The van der Waals surface area contributed by atoms with E-state index in [1.165, 1.54) is 16.4 Å². The van der Waals surface area contributed by atoms with Gasteiger partial charge in [-0.25, -0.2) is 13.2 Å². The van der Waals surface area contributed by atoms with Crippen molar-refractivity contribution in [2.24, 2.45) is 0 Å². The molecule has 0 aliphatic carbocycles. The van der Waals surface area contributed by atoms with Crippen LogP contribution in [0.1, 0.15) is 18.1 Å². The van der Waals surface area contributed by atoms with Crippen LogP contribution >= 0.6 is 15.9 Å². The summed E-state index contributed by atoms with van der Waals surface area (Å²) in [5, 5.41) is 0. The van der Waals surface area contributed by atoms with E-state index in [1.807, 2.05) is 31.2 Å². The van der Waals surface area contributed by atoms with E-state index in [9.17, 15) is 18.0 Å². The number of halogens is 1. The van der Waals surface area contributed by atoms with Crippen LogP contribution in [-0.4, -0.2) is 73.9 Å². The van der Waals surface area contributed by atoms with Gasteiger partial charge >= 0.3 is 6.09 Å². The molecular weight excluding hydrogens is 510 g/mol. The molecule has 10 heteroatoms. The van der Waals surface area contributed by atoms with Crippen LogP contribution < -0.4 is 0 Å². The van der Waals surface area contributed by atoms with Crippen molar-refractivity contribution in [2.75, 3.05) is 39.3 Å². The first-order chi connectivity index (χ1) is 15.7. The number of hydrogen-bond donors (Lipinski definition) is 0. The maximum absolute atomic E-state index is 13.4. The summed E-state index contributed by atoms with van der Waals surface area (Å²) in [5.41, 5.74) is 1.86. The highest BCUT2D eigenvalue weighted by Gasteiger charge is 2.31. The van der Waals surface area contributed by atoms with Crippen LogP contribution in [0.4, 0.5) is 4.79 Å². The predicted octanol–water partition coefficient (Wildman–Crippen LogP) is 3.25. The first kappa shape index (κ1) is 25.2. The molecular formula is C23H28BrN3O5S. The fourth-order valence-electron chi connectivity index (χ4n) is 3.48. The third-order valence-electron chi connectivity index (χ3n) is 5.40. The van der Waals surface area contributed by atoms with Crippen LogP contribution in [0.3, 0.4) is 0 Å². The van der Waals surface area contributed by atoms with Crippen molar-refractivity contribution in [1.82, 2.24) is 14.1 Å². The van der Waals surface area contributed by atoms with Crippen LogP contribution in [0, 0.1) is 6.92 Å². The second-order valence-corrected chi connectivity index (χ2v) is 10.6. The van der Waals surface area contributed by atoms with Crippen molar-refractivity contribution in [1.29, 1.82) is 0 Å². The minimum absolute atomic E-state index is 0.0766. The van der Waals surface area contributed by atoms with E-state index in [0.717, 1.165) is 15.6 Å². The third-order valence-corrected chi connectivity index (χ3v) is 7.74. The molecule has 2 amide bonds. The van der Waals surface area contributed by atoms with E-state index in [2.05, 4.69) is 15.9 Å². The lowest BCUT2D eigenvalue weighted by Crippen LogP contribution is -2.53. The van der Waals surface area contributed by atoms with E-state index >= 15 is 0 Å². The smallest absolute Gasteiger partial charge is 0.409 e. The molecule has 1 aliphatic rings. The van der Waals surface area contributed by atoms with E-state index in [0.29, 0.717) is 32.8 Å². The minimum Gasteiger partial charge on any atom is -0.450 e. The monoisotopic (exact) mass is 537 g/mol. The molecule has 0 N–H and O–H groups in total. The molecule has 3 rings (SSSR count). The molecule has 1 saturated heterocycles. The highest BCUT2D eigenvalue weighted by Crippen LogP contribution is 2.21. The molecule has 0 bridgehead atoms. The Bertz CT molecular complexity index is 1070. The topological polar surface area (TPSA) is 87.2 Å². The SMILES string of the molecule is CCOC(=O)N1CCN(C(=O)CN(Cc2ccc(C)cc2)S(=O)(=O)c2ccc(Br)cc2)CC1. The number of piperazine rings is 1. The Morgan fingerprint density at radius 1 is 0.970 bits per heavy atom. The molecule has 0 unspecified atom stereocenters. The van der Waals surface area contributed by atoms with Gasteiger partial charge in [0.1, 0.15) is 0 Å². The van der Waals surface area contributed by atoms with Gasteiger partial charge in [-0.1, -0.05) is 45.8 Å². The molecule has 2 aromatic rings. The van der Waals surface area contributed by atoms with Crippen molar-refractivity contribution >= 4 is 38.0 Å². The number of hydrogen-bond acceptors (Lipinski definition) is 5. The zero-order chi connectivity index (χ0) is 24.0. The summed E-state index contributed by atoms with van der Waals surface area (Å²) in [7, 11) is -3.91. The van der Waals surface area contributed by atoms with Gasteiger partial charge < -0.3 is 14.5 Å². The van der Waals surface area contributed by atoms with Crippen LogP contribution in [0.15, 0.2) is 57.9 Å². The largest absolute Gasteiger partial charge is 0.450 e. The highest BCUT2D eigenvalue weighted by molar-refractivity contribution is 9.10. The standard InChI is InChI=1S/C23H28BrN3O5S/c1-3-32-23(29)26-14-12-25(13-15-26)22(28)17-27(16-19-6-4-18(2)5-7-19)33(30,31)21-10-8-20(24)9-11-21/h4-11H,3,12-17H2,1-2H3. The summed E-state index contributed by atoms with van der Waals surface area (Å²) >= 11 is 3.32. The number of sulfonamides is 1. The fourth-order valence-corrected chi connectivity index (χ4v) is 5.12. The number of carbonyl (C=O) groups is 2. The Morgan fingerprint density at radius 3 is 2.12 bits per heavy atom. The zero-order valence-electron chi connectivity index (χ0n) is 18.7. The summed E-state index contributed by atoms with van der Waals surface area (Å²) in [6, 6.07) is 13.9. The summed E-state index contributed by atoms with van der Waals surface area (Å²) in [5.74, 6) is -0.300. The second kappa shape index (κ2) is 11.1. The van der Waals surface area contributed by atoms with Gasteiger partial charge in [0.15, 0.2) is 0 Å². The molecule has 33 heavy (non-hydrogen) atoms. The number of ether oxygens (including phenoxy) is 1. The number of carbonyl (C=O) groups excluding carboxylic acids is 2. The molecule has 8 nitrogen and oxygen atoms in total. The molecule has 1 heterocycles. The van der Waals surface area contributed by atoms with Gasteiger partial charge in [-0.2, -0.15) is 4.31 Å². The van der Waals surface area contributed by atoms with Crippen molar-refractivity contribution in [3.8, 4) is 0 Å². The Labute approximate surface area is 203 Å². The summed E-state index contributed by atoms with van der Waals surface area (Å²) in [6.07, 6.45) is -0.400. The predicted molar refractivity (Wildman–Crippen MR) is 128 cm³/mol. The molecule has 0 atom stereocenters. The van der Waals surface area contributed by atoms with Gasteiger partial charge in [0.2, 0.25) is 15.9 Å². The number of rotatable bonds is 7. The molecule has 1 aliphatic heterocycles. The lowest BCUT2D eigenvalue weighted by atomic mass is 10.1. The van der Waals surface area contributed by atoms with Crippen molar-refractivity contribution in [3.63, 3.8) is 0 Å². The minimum atomic E-state index is -3.91. The van der Waals surface area contributed by atoms with Gasteiger partial charge in [-0.15, -0.1) is 0 Å². The first-order valence-corrected chi connectivity index (χ1v) is 12.9. The Kier molecular flexibility index (Phi) is 8.50. The quantitative estimate of drug-likeness (QED) is 0.541. The summed E-state index contributed by atoms with van der Waals surface area (Å²) in [4.78, 5) is 28.2. The van der Waals surface area contributed by atoms with E-state index in [4.69, 9.17) is 4.74 Å². The number of aryl methyl sites for hydroxylation is 1. The molecule has 0 aromatic heterocycles. The highest BCUT2D eigenvalue weighted by atomic mass is 79.9. The Morgan fingerprint density at radius 2 is 1.55 bits per heavy atom. The molecule has 1 fully saturated rings. The van der Waals surface area contributed by atoms with Gasteiger partial charge in [0.25, 0.3) is 0 Å². The van der Waals surface area contributed by atoms with Gasteiger partial charge in [-0.05, 0) is 43.7 Å². The van der Waals surface area contributed by atoms with Gasteiger partial charge in [0, 0.05) is 37.2 Å². The summed E-state index contributed by atoms with van der Waals surface area (Å²) < 4.78 is 33.8. The van der Waals surface area contributed by atoms with Gasteiger partial charge in [-0.3, -0.25) is 4.79 Å². The lowest BCUT2D eigenvalue weighted by Gasteiger charge is -2.35. The maximum Gasteiger partial charge on any atom is 0.409 e. The lowest BCUT2D eigenvalue weighted by molar-refractivity contribution is -0.133. The Hall–Kier alpha value is -2.43. The third kappa shape index (κ3) is 6.55. The summed E-state index contributed by atoms with van der Waals surface area (Å²) in [6.45, 7) is 5.14. The van der Waals surface area contributed by atoms with Crippen LogP contribution in [0.2, 0.25) is 0 Å². The average molecular weight is 538 g/mol. The van der Waals surface area contributed by atoms with Crippen LogP contribution in [0.5, 0.6) is 0 Å². The fraction of sp³-hybridized carbons (Fsp3) is 0.391. The molecule has 0 saturated carbocycles. The van der Waals surface area contributed by atoms with E-state index < -0.39 is 16.1 Å². The number of nitrogens with zero attached hydrogens (tertiary/aromatic N) is 3. The van der Waals surface area contributed by atoms with Crippen LogP contribution in [0.25, 0.3) is 0 Å². The van der Waals surface area contributed by atoms with Gasteiger partial charge in [0.05, 0.1) is 18.0 Å². The molecule has 178 valence electrons. The first-order valence-electron chi connectivity index (χ1n) is 10.7. The molecule has 0 radical (unpaired) electrons. The second-order valence-electron chi connectivity index (χ2n) is 7.78. The number of amides is 2. The van der Waals surface area contributed by atoms with Crippen LogP contribution in [-0.2, 0) is 26.1 Å². The maximum atomic E-state index is 13.4. The molecule has 2 aromatic carbocycles. The van der Waals surface area contributed by atoms with Crippen molar-refractivity contribution < 1.29 is 22.7 Å². The van der Waals surface area contributed by atoms with E-state index in [1.54, 1.807) is 28.9 Å². The van der Waals surface area contributed by atoms with Crippen molar-refractivity contribution in [2.45, 2.75) is 25.3 Å². The Balaban J connectivity index is 1.76. The molecule has 0 spiro atoms. The average Bonchev–Trinajstić information content (AvgIpc) is 2.80. The zero-order valence-corrected chi connectivity index (χ0v) is 21.1. The normalized spacial score (nSPS) is 14.4. The van der Waals surface area contributed by atoms with Crippen molar-refractivity contribution in [3.05, 3.63) is 64.1 Å².